The van der Waals surface area contributed by atoms with Gasteiger partial charge in [-0.2, -0.15) is 11.3 Å². The highest BCUT2D eigenvalue weighted by Gasteiger charge is 2.28. The minimum Gasteiger partial charge on any atom is -0.505 e. The summed E-state index contributed by atoms with van der Waals surface area (Å²) in [4.78, 5) is 35.2. The lowest BCUT2D eigenvalue weighted by atomic mass is 9.90. The number of nitrogen functional groups attached to an aromatic ring is 3. The Morgan fingerprint density at radius 1 is 0.490 bits per heavy atom. The number of esters is 2. The van der Waals surface area contributed by atoms with Gasteiger partial charge in [-0.05, 0) is 147 Å². The van der Waals surface area contributed by atoms with E-state index in [-0.39, 0.29) is 83.3 Å². The van der Waals surface area contributed by atoms with Crippen molar-refractivity contribution in [1.29, 1.82) is 0 Å². The number of hydrogen-bond donors (Lipinski definition) is 8. The summed E-state index contributed by atoms with van der Waals surface area (Å²) < 4.78 is 145. The number of anilines is 4. The molecule has 11 aromatic rings. The number of phenolic OH excluding ortho intramolecular Hbond substituents is 1. The number of halogens is 10. The van der Waals surface area contributed by atoms with Crippen molar-refractivity contribution in [2.75, 3.05) is 50.4 Å². The van der Waals surface area contributed by atoms with Gasteiger partial charge in [0.25, 0.3) is 28.1 Å². The van der Waals surface area contributed by atoms with E-state index in [4.69, 9.17) is 98.0 Å². The average Bonchev–Trinajstić information content (AvgIpc) is 0.931. The van der Waals surface area contributed by atoms with E-state index in [9.17, 15) is 62.3 Å². The highest BCUT2D eigenvalue weighted by Crippen LogP contribution is 2.39. The molecule has 104 heavy (non-hydrogen) atoms. The number of sulfonamides is 1. The van der Waals surface area contributed by atoms with Crippen LogP contribution in [0, 0.1) is 23.3 Å². The van der Waals surface area contributed by atoms with E-state index in [1.165, 1.54) is 85.4 Å². The lowest BCUT2D eigenvalue weighted by Crippen LogP contribution is -2.26. The van der Waals surface area contributed by atoms with Crippen molar-refractivity contribution in [1.82, 2.24) is 0 Å². The van der Waals surface area contributed by atoms with Crippen LogP contribution in [0.1, 0.15) is 31.1 Å². The molecule has 0 radical (unpaired) electrons. The first-order chi connectivity index (χ1) is 48.8. The third-order valence-electron chi connectivity index (χ3n) is 12.7. The van der Waals surface area contributed by atoms with Crippen molar-refractivity contribution in [3.8, 4) is 48.6 Å². The molecule has 0 aliphatic heterocycles. The van der Waals surface area contributed by atoms with Gasteiger partial charge in [-0.25, -0.2) is 57.2 Å². The number of rotatable bonds is 14. The number of phenols is 1. The van der Waals surface area contributed by atoms with Crippen LogP contribution in [0.25, 0.3) is 31.3 Å². The highest BCUT2D eigenvalue weighted by molar-refractivity contribution is 9.10. The molecule has 21 nitrogen and oxygen atoms in total. The molecule has 4 aromatic heterocycles. The monoisotopic (exact) mass is 1730 g/mol. The summed E-state index contributed by atoms with van der Waals surface area (Å²) in [6, 6.07) is 39.3. The molecule has 0 spiro atoms. The summed E-state index contributed by atoms with van der Waals surface area (Å²) in [5.74, 6) is -5.80. The Kier molecular flexibility index (Phi) is 33.1. The fourth-order valence-electron chi connectivity index (χ4n) is 7.90. The van der Waals surface area contributed by atoms with Gasteiger partial charge in [-0.15, -0.1) is 34.0 Å². The number of carboxylic acids is 1. The standard InChI is InChI=1S/C19H15ClFNO5S2.2C10H8FNS.C9H8Cl2O5S.C7H4Cl2O5S.C6H5BrFN.C4H5BO2S/c1-26-18-13(20)8-12(19(23)27-2)10-17(18)29(24,25)22-15-9-11(5-6-14(15)21)16-4-3-7-28-16;2*11-8-4-3-7(6-9(8)12)10-2-1-5-13-10;1-15-8-6(10)3-5(9(12)16-2)4-7(8)17(11,13)14;8-4-1-3(7(11)12)2-5(6(4)10)15(9,13)14;7-4-1-2-5(8)6(9)3-4;6-5(7)4-2-1-3-8-4/h3-10,22H,1-2H3;2*1-6H,12H2;3-4H,1-2H3;1-2,10H,(H,11,12);1-3H,9H2;1-3,6-7H. The maximum Gasteiger partial charge on any atom is 0.499 e. The number of carbonyl (C=O) groups excluding carboxylic acids is 2. The Labute approximate surface area is 641 Å². The Balaban J connectivity index is 0.000000227. The number of aromatic carboxylic acids is 1. The number of carbonyl (C=O) groups is 3. The van der Waals surface area contributed by atoms with Crippen LogP contribution in [0.15, 0.2) is 198 Å². The highest BCUT2D eigenvalue weighted by atomic mass is 79.9. The second kappa shape index (κ2) is 39.8. The van der Waals surface area contributed by atoms with Gasteiger partial charge in [0.05, 0.1) is 82.9 Å². The third-order valence-corrected chi connectivity index (χ3v) is 21.8. The Bertz CT molecular complexity index is 5060. The Hall–Kier alpha value is -8.17. The quantitative estimate of drug-likeness (QED) is 0.0165. The summed E-state index contributed by atoms with van der Waals surface area (Å²) in [5.41, 5.74) is 18.5. The molecule has 0 atom stereocenters. The van der Waals surface area contributed by atoms with Gasteiger partial charge in [0.1, 0.15) is 38.0 Å². The number of hydrogen-bond acceptors (Lipinski definition) is 23. The number of benzene rings is 7. The zero-order valence-corrected chi connectivity index (χ0v) is 64.4. The minimum absolute atomic E-state index is 0.0301. The van der Waals surface area contributed by atoms with Gasteiger partial charge in [-0.1, -0.05) is 99.3 Å². The van der Waals surface area contributed by atoms with Gasteiger partial charge in [0.2, 0.25) is 0 Å². The second-order valence-electron chi connectivity index (χ2n) is 19.7. The lowest BCUT2D eigenvalue weighted by molar-refractivity contribution is 0.0591. The summed E-state index contributed by atoms with van der Waals surface area (Å²) >= 11 is 26.4. The van der Waals surface area contributed by atoms with Crippen LogP contribution in [0.4, 0.5) is 40.3 Å². The predicted molar refractivity (Wildman–Crippen MR) is 406 cm³/mol. The summed E-state index contributed by atoms with van der Waals surface area (Å²) in [6.07, 6.45) is 0. The molecule has 11 N–H and O–H groups in total. The Morgan fingerprint density at radius 2 is 0.865 bits per heavy atom. The van der Waals surface area contributed by atoms with Gasteiger partial charge < -0.3 is 56.4 Å². The molecule has 39 heteroatoms. The summed E-state index contributed by atoms with van der Waals surface area (Å²) in [5, 5.41) is 41.9. The first kappa shape index (κ1) is 86.5. The molecular weight excluding hydrogens is 1680 g/mol. The number of aromatic hydroxyl groups is 1. The molecule has 0 aliphatic rings. The smallest absolute Gasteiger partial charge is 0.499 e. The van der Waals surface area contributed by atoms with Crippen molar-refractivity contribution in [3.63, 3.8) is 0 Å². The van der Waals surface area contributed by atoms with Crippen molar-refractivity contribution in [2.45, 2.75) is 14.7 Å². The van der Waals surface area contributed by atoms with E-state index < -0.39 is 79.5 Å². The first-order valence-electron chi connectivity index (χ1n) is 28.1. The van der Waals surface area contributed by atoms with Gasteiger partial charge in [-0.3, -0.25) is 4.72 Å². The van der Waals surface area contributed by atoms with E-state index >= 15 is 0 Å². The molecule has 0 amide bonds. The molecule has 11 rings (SSSR count). The van der Waals surface area contributed by atoms with Crippen LogP contribution in [-0.2, 0) is 37.6 Å². The SMILES string of the molecule is COC(=O)c1cc(Cl)c(OC)c(S(=O)(=O)Cl)c1.COC(=O)c1cc(Cl)c(OC)c(S(=O)(=O)Nc2cc(-c3cccs3)ccc2F)c1.Nc1cc(-c2cccs2)ccc1F.Nc1cc(-c2cccs2)ccc1F.Nc1cc(Br)ccc1F.O=C(O)c1cc(Cl)c(O)c(S(=O)(=O)Cl)c1.OB(O)c1cccs1. The minimum atomic E-state index is -4.35. The lowest BCUT2D eigenvalue weighted by Gasteiger charge is -2.15. The van der Waals surface area contributed by atoms with E-state index in [1.54, 1.807) is 76.6 Å². The predicted octanol–water partition coefficient (Wildman–Crippen LogP) is 16.4. The van der Waals surface area contributed by atoms with E-state index in [0.717, 1.165) is 68.7 Å². The first-order valence-corrected chi connectivity index (χ1v) is 39.6. The third kappa shape index (κ3) is 25.3. The maximum absolute atomic E-state index is 14.3. The number of nitrogens with two attached hydrogens (primary N) is 3. The zero-order valence-electron chi connectivity index (χ0n) is 53.4. The molecule has 0 saturated heterocycles. The number of carboxylic acid groups (broad SMARTS) is 1. The van der Waals surface area contributed by atoms with Crippen LogP contribution in [0.5, 0.6) is 17.2 Å². The molecule has 0 unspecified atom stereocenters. The Morgan fingerprint density at radius 3 is 1.21 bits per heavy atom. The number of ether oxygens (including phenoxy) is 4. The van der Waals surface area contributed by atoms with Crippen molar-refractivity contribution in [3.05, 3.63) is 239 Å². The largest absolute Gasteiger partial charge is 0.505 e. The van der Waals surface area contributed by atoms with Crippen LogP contribution >= 0.6 is 117 Å². The van der Waals surface area contributed by atoms with Crippen molar-refractivity contribution >= 4 is 198 Å². The normalized spacial score (nSPS) is 10.7. The molecule has 0 bridgehead atoms. The second-order valence-corrected chi connectivity index (χ2v) is 32.4. The molecule has 550 valence electrons. The van der Waals surface area contributed by atoms with Crippen LogP contribution in [0.3, 0.4) is 0 Å². The average molecular weight is 1730 g/mol. The van der Waals surface area contributed by atoms with Gasteiger partial charge in [0.15, 0.2) is 17.2 Å². The van der Waals surface area contributed by atoms with Crippen LogP contribution in [0.2, 0.25) is 15.1 Å². The van der Waals surface area contributed by atoms with Crippen LogP contribution in [-0.4, -0.2) is 99.0 Å². The fraction of sp³-hybridized carbons (Fsp3) is 0.0615. The van der Waals surface area contributed by atoms with Crippen molar-refractivity contribution < 1.29 is 96.4 Å². The molecule has 4 heterocycles. The molecule has 7 aromatic carbocycles. The summed E-state index contributed by atoms with van der Waals surface area (Å²) in [6.45, 7) is 0. The van der Waals surface area contributed by atoms with Crippen molar-refractivity contribution in [2.24, 2.45) is 0 Å². The topological polar surface area (TPSA) is 362 Å². The maximum atomic E-state index is 14.3. The molecular formula is C65H53BBrCl5F4N4O17S7. The van der Waals surface area contributed by atoms with E-state index in [1.807, 2.05) is 52.5 Å². The van der Waals surface area contributed by atoms with Gasteiger partial charge >= 0.3 is 25.0 Å². The number of methoxy groups -OCH3 is 4. The van der Waals surface area contributed by atoms with Crippen LogP contribution < -0.4 is 36.2 Å². The van der Waals surface area contributed by atoms with E-state index in [2.05, 4.69) is 30.1 Å². The molecule has 0 aliphatic carbocycles. The van der Waals surface area contributed by atoms with E-state index in [0.29, 0.717) is 10.3 Å². The number of nitrogens with one attached hydrogen (secondary N) is 1. The summed E-state index contributed by atoms with van der Waals surface area (Å²) in [7, 11) is 1.01. The molecule has 0 fully saturated rings. The zero-order chi connectivity index (χ0) is 77.6. The fourth-order valence-corrected chi connectivity index (χ4v) is 15.3. The number of thiophene rings is 4. The molecule has 0 saturated carbocycles. The van der Waals surface area contributed by atoms with Gasteiger partial charge in [0, 0.05) is 45.2 Å².